The van der Waals surface area contributed by atoms with E-state index in [0.717, 1.165) is 0 Å². The van der Waals surface area contributed by atoms with Crippen molar-refractivity contribution in [2.24, 2.45) is 0 Å². The van der Waals surface area contributed by atoms with E-state index in [1.807, 2.05) is 5.38 Å². The second-order valence-electron chi connectivity index (χ2n) is 6.58. The lowest BCUT2D eigenvalue weighted by atomic mass is 10.2. The molecule has 0 saturated carbocycles. The van der Waals surface area contributed by atoms with Crippen LogP contribution in [0.1, 0.15) is 33.9 Å². The number of carbonyl (C=O) groups excluding carboxylic acids is 2. The molecule has 0 radical (unpaired) electrons. The van der Waals surface area contributed by atoms with Gasteiger partial charge in [-0.1, -0.05) is 32.0 Å². The normalized spacial score (nSPS) is 11.3. The maximum Gasteiger partial charge on any atom is 0.265 e. The molecule has 0 saturated heterocycles. The molecule has 3 rings (SSSR count). The number of thiophene rings is 1. The third-order valence-electron chi connectivity index (χ3n) is 4.56. The van der Waals surface area contributed by atoms with E-state index < -0.39 is 15.9 Å². The van der Waals surface area contributed by atoms with E-state index in [1.165, 1.54) is 27.8 Å². The highest BCUT2D eigenvalue weighted by atomic mass is 32.2. The van der Waals surface area contributed by atoms with Gasteiger partial charge in [-0.3, -0.25) is 9.59 Å². The number of sulfonamides is 1. The number of rotatable bonds is 8. The fraction of sp³-hybridized carbons (Fsp3) is 0.182. The van der Waals surface area contributed by atoms with Crippen LogP contribution in [-0.2, 0) is 10.0 Å². The third-order valence-corrected chi connectivity index (χ3v) is 7.48. The Kier molecular flexibility index (Phi) is 7.21. The van der Waals surface area contributed by atoms with Gasteiger partial charge in [0.2, 0.25) is 10.0 Å². The van der Waals surface area contributed by atoms with Gasteiger partial charge in [-0.25, -0.2) is 8.42 Å². The van der Waals surface area contributed by atoms with Crippen molar-refractivity contribution in [1.29, 1.82) is 0 Å². The van der Waals surface area contributed by atoms with E-state index in [1.54, 1.807) is 62.4 Å². The summed E-state index contributed by atoms with van der Waals surface area (Å²) in [6.07, 6.45) is 0. The van der Waals surface area contributed by atoms with Crippen molar-refractivity contribution in [3.8, 4) is 0 Å². The Balaban J connectivity index is 1.76. The second-order valence-corrected chi connectivity index (χ2v) is 9.47. The molecule has 162 valence electrons. The molecule has 0 atom stereocenters. The van der Waals surface area contributed by atoms with Gasteiger partial charge in [0.05, 0.1) is 9.77 Å². The number of nitrogens with one attached hydrogen (secondary N) is 2. The Labute approximate surface area is 185 Å². The lowest BCUT2D eigenvalue weighted by molar-refractivity contribution is 0.102. The Morgan fingerprint density at radius 1 is 0.871 bits per heavy atom. The number of anilines is 2. The summed E-state index contributed by atoms with van der Waals surface area (Å²) in [4.78, 5) is 25.6. The van der Waals surface area contributed by atoms with Crippen molar-refractivity contribution in [3.63, 3.8) is 0 Å². The molecule has 0 aliphatic rings. The fourth-order valence-corrected chi connectivity index (χ4v) is 5.11. The van der Waals surface area contributed by atoms with E-state index in [9.17, 15) is 18.0 Å². The minimum Gasteiger partial charge on any atom is -0.322 e. The molecule has 0 bridgehead atoms. The van der Waals surface area contributed by atoms with Crippen molar-refractivity contribution in [2.45, 2.75) is 18.7 Å². The van der Waals surface area contributed by atoms with Crippen molar-refractivity contribution in [2.75, 3.05) is 23.7 Å². The molecule has 0 fully saturated rings. The van der Waals surface area contributed by atoms with Crippen LogP contribution in [-0.4, -0.2) is 37.6 Å². The largest absolute Gasteiger partial charge is 0.322 e. The molecule has 0 unspecified atom stereocenters. The zero-order chi connectivity index (χ0) is 22.4. The van der Waals surface area contributed by atoms with Crippen molar-refractivity contribution < 1.29 is 18.0 Å². The lowest BCUT2D eigenvalue weighted by Crippen LogP contribution is -2.30. The average molecular weight is 458 g/mol. The summed E-state index contributed by atoms with van der Waals surface area (Å²) >= 11 is 1.34. The lowest BCUT2D eigenvalue weighted by Gasteiger charge is -2.18. The molecular weight excluding hydrogens is 434 g/mol. The van der Waals surface area contributed by atoms with Gasteiger partial charge >= 0.3 is 0 Å². The monoisotopic (exact) mass is 457 g/mol. The van der Waals surface area contributed by atoms with E-state index in [2.05, 4.69) is 10.6 Å². The Hall–Kier alpha value is -3.01. The number of carbonyl (C=O) groups is 2. The van der Waals surface area contributed by atoms with Crippen LogP contribution in [0.2, 0.25) is 0 Å². The van der Waals surface area contributed by atoms with E-state index in [-0.39, 0.29) is 16.4 Å². The van der Waals surface area contributed by atoms with Gasteiger partial charge in [0, 0.05) is 30.0 Å². The van der Waals surface area contributed by atoms with Gasteiger partial charge in [-0.05, 0) is 47.8 Å². The van der Waals surface area contributed by atoms with Crippen LogP contribution >= 0.6 is 11.3 Å². The molecule has 2 amide bonds. The van der Waals surface area contributed by atoms with E-state index in [4.69, 9.17) is 0 Å². The SMILES string of the molecule is CCN(CC)S(=O)(=O)c1cccc(C(=O)Nc2cccc(NC(=O)c3cccs3)c2)c1. The molecule has 2 aromatic carbocycles. The van der Waals surface area contributed by atoms with Crippen LogP contribution in [0.15, 0.2) is 70.9 Å². The highest BCUT2D eigenvalue weighted by Crippen LogP contribution is 2.20. The molecule has 7 nitrogen and oxygen atoms in total. The second kappa shape index (κ2) is 9.86. The first-order valence-corrected chi connectivity index (χ1v) is 12.0. The minimum absolute atomic E-state index is 0.0702. The van der Waals surface area contributed by atoms with Crippen LogP contribution in [0.25, 0.3) is 0 Å². The molecule has 3 aromatic rings. The van der Waals surface area contributed by atoms with E-state index >= 15 is 0 Å². The number of amides is 2. The summed E-state index contributed by atoms with van der Waals surface area (Å²) in [7, 11) is -3.67. The van der Waals surface area contributed by atoms with Crippen LogP contribution in [0, 0.1) is 0 Å². The van der Waals surface area contributed by atoms with Gasteiger partial charge in [-0.2, -0.15) is 4.31 Å². The summed E-state index contributed by atoms with van der Waals surface area (Å²) in [5.74, 6) is -0.675. The van der Waals surface area contributed by atoms with Crippen molar-refractivity contribution >= 4 is 44.5 Å². The summed E-state index contributed by atoms with van der Waals surface area (Å²) < 4.78 is 26.8. The van der Waals surface area contributed by atoms with Crippen molar-refractivity contribution in [3.05, 3.63) is 76.5 Å². The maximum absolute atomic E-state index is 12.7. The predicted molar refractivity (Wildman–Crippen MR) is 123 cm³/mol. The molecule has 1 aromatic heterocycles. The highest BCUT2D eigenvalue weighted by Gasteiger charge is 2.22. The summed E-state index contributed by atoms with van der Waals surface area (Å²) in [5.41, 5.74) is 1.24. The van der Waals surface area contributed by atoms with Gasteiger partial charge in [0.25, 0.3) is 11.8 Å². The molecule has 31 heavy (non-hydrogen) atoms. The van der Waals surface area contributed by atoms with Crippen LogP contribution in [0.3, 0.4) is 0 Å². The van der Waals surface area contributed by atoms with Gasteiger partial charge < -0.3 is 10.6 Å². The quantitative estimate of drug-likeness (QED) is 0.528. The maximum atomic E-state index is 12.7. The molecule has 9 heteroatoms. The molecular formula is C22H23N3O4S2. The summed E-state index contributed by atoms with van der Waals surface area (Å²) in [6, 6.07) is 16.2. The van der Waals surface area contributed by atoms with Crippen molar-refractivity contribution in [1.82, 2.24) is 4.31 Å². The van der Waals surface area contributed by atoms with Gasteiger partial charge in [0.15, 0.2) is 0 Å². The number of hydrogen-bond donors (Lipinski definition) is 2. The first-order valence-electron chi connectivity index (χ1n) is 9.71. The van der Waals surface area contributed by atoms with Gasteiger partial charge in [0.1, 0.15) is 0 Å². The fourth-order valence-electron chi connectivity index (χ4n) is 2.99. The Morgan fingerprint density at radius 2 is 1.52 bits per heavy atom. The molecule has 0 spiro atoms. The average Bonchev–Trinajstić information content (AvgIpc) is 3.30. The summed E-state index contributed by atoms with van der Waals surface area (Å²) in [6.45, 7) is 4.22. The van der Waals surface area contributed by atoms with Crippen LogP contribution < -0.4 is 10.6 Å². The zero-order valence-electron chi connectivity index (χ0n) is 17.2. The standard InChI is InChI=1S/C22H23N3O4S2/c1-3-25(4-2)31(28,29)19-11-5-8-16(14-19)21(26)23-17-9-6-10-18(15-17)24-22(27)20-12-7-13-30-20/h5-15H,3-4H2,1-2H3,(H,23,26)(H,24,27). The first kappa shape index (κ1) is 22.7. The third kappa shape index (κ3) is 5.38. The number of benzene rings is 2. The Morgan fingerprint density at radius 3 is 2.13 bits per heavy atom. The predicted octanol–water partition coefficient (Wildman–Crippen LogP) is 4.28. The number of hydrogen-bond acceptors (Lipinski definition) is 5. The van der Waals surface area contributed by atoms with E-state index in [0.29, 0.717) is 29.3 Å². The zero-order valence-corrected chi connectivity index (χ0v) is 18.8. The van der Waals surface area contributed by atoms with Crippen LogP contribution in [0.4, 0.5) is 11.4 Å². The minimum atomic E-state index is -3.67. The molecule has 2 N–H and O–H groups in total. The first-order chi connectivity index (χ1) is 14.8. The van der Waals surface area contributed by atoms with Crippen LogP contribution in [0.5, 0.6) is 0 Å². The summed E-state index contributed by atoms with van der Waals surface area (Å²) in [5, 5.41) is 7.35. The highest BCUT2D eigenvalue weighted by molar-refractivity contribution is 7.89. The topological polar surface area (TPSA) is 95.6 Å². The number of nitrogens with zero attached hydrogens (tertiary/aromatic N) is 1. The molecule has 0 aliphatic carbocycles. The smallest absolute Gasteiger partial charge is 0.265 e. The van der Waals surface area contributed by atoms with Gasteiger partial charge in [-0.15, -0.1) is 11.3 Å². The molecule has 0 aliphatic heterocycles. The molecule has 1 heterocycles. The Bertz CT molecular complexity index is 1170.